The number of aromatic nitrogens is 2. The van der Waals surface area contributed by atoms with E-state index in [0.717, 1.165) is 28.9 Å². The molecule has 0 aliphatic carbocycles. The van der Waals surface area contributed by atoms with Gasteiger partial charge in [0.1, 0.15) is 0 Å². The normalized spacial score (nSPS) is 11.1. The molecule has 0 amide bonds. The monoisotopic (exact) mass is 586 g/mol. The number of nitrogens with zero attached hydrogens (tertiary/aromatic N) is 2. The summed E-state index contributed by atoms with van der Waals surface area (Å²) in [6.45, 7) is 6.55. The summed E-state index contributed by atoms with van der Waals surface area (Å²) in [4.78, 5) is 9.74. The van der Waals surface area contributed by atoms with Crippen LogP contribution in [0.5, 0.6) is 0 Å². The molecule has 0 aliphatic heterocycles. The molecule has 0 N–H and O–H groups in total. The van der Waals surface area contributed by atoms with Gasteiger partial charge in [-0.25, -0.2) is 9.97 Å². The quantitative estimate of drug-likeness (QED) is 0.141. The van der Waals surface area contributed by atoms with E-state index in [1.54, 1.807) is 0 Å². The van der Waals surface area contributed by atoms with Crippen molar-refractivity contribution >= 4 is 0 Å². The second-order valence-electron chi connectivity index (χ2n) is 12.3. The molecule has 0 atom stereocenters. The average Bonchev–Trinajstić information content (AvgIpc) is 3.08. The molecule has 0 radical (unpaired) electrons. The molecule has 45 heavy (non-hydrogen) atoms. The molecule has 1 heterocycles. The molecule has 2 nitrogen and oxygen atoms in total. The van der Waals surface area contributed by atoms with Gasteiger partial charge >= 0.3 is 0 Å². The van der Waals surface area contributed by atoms with Crippen molar-refractivity contribution in [3.63, 3.8) is 0 Å². The molecular formula is C43H42N2. The van der Waals surface area contributed by atoms with Gasteiger partial charge in [-0.3, -0.25) is 0 Å². The molecule has 5 aromatic carbocycles. The van der Waals surface area contributed by atoms with Crippen molar-refractivity contribution < 1.29 is 0 Å². The summed E-state index contributed by atoms with van der Waals surface area (Å²) in [7, 11) is 0. The van der Waals surface area contributed by atoms with E-state index in [1.807, 2.05) is 12.4 Å². The Kier molecular flexibility index (Phi) is 9.61. The number of unbranched alkanes of at least 4 members (excludes halogenated alkanes) is 4. The molecule has 0 bridgehead atoms. The van der Waals surface area contributed by atoms with Crippen molar-refractivity contribution in [3.05, 3.63) is 144 Å². The summed E-state index contributed by atoms with van der Waals surface area (Å²) in [5.74, 6) is 0.762. The predicted octanol–water partition coefficient (Wildman–Crippen LogP) is 11.9. The van der Waals surface area contributed by atoms with Crippen LogP contribution in [0.2, 0.25) is 0 Å². The van der Waals surface area contributed by atoms with Gasteiger partial charge in [0.15, 0.2) is 5.82 Å². The SMILES string of the molecule is CCCCCCCc1cnc(-c2cc(-c3cccc(-c4cccc(C)c4)c3)cc(-c3cccc(-c4cccc(C)c4)c3)c2)nc1. The van der Waals surface area contributed by atoms with Crippen LogP contribution in [0.4, 0.5) is 0 Å². The fourth-order valence-corrected chi connectivity index (χ4v) is 6.06. The van der Waals surface area contributed by atoms with Crippen LogP contribution >= 0.6 is 0 Å². The first kappa shape index (κ1) is 30.2. The second-order valence-corrected chi connectivity index (χ2v) is 12.3. The zero-order valence-electron chi connectivity index (χ0n) is 26.8. The lowest BCUT2D eigenvalue weighted by Gasteiger charge is -2.13. The minimum Gasteiger partial charge on any atom is -0.236 e. The fourth-order valence-electron chi connectivity index (χ4n) is 6.06. The summed E-state index contributed by atoms with van der Waals surface area (Å²) >= 11 is 0. The maximum atomic E-state index is 4.87. The van der Waals surface area contributed by atoms with Crippen LogP contribution in [0.25, 0.3) is 55.9 Å². The summed E-state index contributed by atoms with van der Waals surface area (Å²) in [5, 5.41) is 0. The molecule has 0 fully saturated rings. The van der Waals surface area contributed by atoms with Gasteiger partial charge in [-0.05, 0) is 107 Å². The van der Waals surface area contributed by atoms with Crippen LogP contribution in [0.3, 0.4) is 0 Å². The van der Waals surface area contributed by atoms with E-state index in [4.69, 9.17) is 9.97 Å². The molecule has 224 valence electrons. The number of rotatable bonds is 11. The van der Waals surface area contributed by atoms with Crippen LogP contribution in [0.15, 0.2) is 128 Å². The molecule has 2 heteroatoms. The van der Waals surface area contributed by atoms with Crippen molar-refractivity contribution in [2.24, 2.45) is 0 Å². The third kappa shape index (κ3) is 7.64. The molecule has 6 aromatic rings. The Balaban J connectivity index is 1.39. The van der Waals surface area contributed by atoms with E-state index < -0.39 is 0 Å². The minimum atomic E-state index is 0.762. The summed E-state index contributed by atoms with van der Waals surface area (Å²) in [5.41, 5.74) is 14.3. The van der Waals surface area contributed by atoms with Gasteiger partial charge in [-0.2, -0.15) is 0 Å². The predicted molar refractivity (Wildman–Crippen MR) is 191 cm³/mol. The third-order valence-corrected chi connectivity index (χ3v) is 8.56. The zero-order chi connectivity index (χ0) is 31.0. The Hall–Kier alpha value is -4.82. The minimum absolute atomic E-state index is 0.762. The van der Waals surface area contributed by atoms with Gasteiger partial charge in [-0.15, -0.1) is 0 Å². The molecular weight excluding hydrogens is 544 g/mol. The van der Waals surface area contributed by atoms with Crippen molar-refractivity contribution in [2.75, 3.05) is 0 Å². The van der Waals surface area contributed by atoms with E-state index in [1.165, 1.54) is 82.2 Å². The van der Waals surface area contributed by atoms with Gasteiger partial charge in [0, 0.05) is 18.0 Å². The molecule has 0 saturated carbocycles. The maximum Gasteiger partial charge on any atom is 0.159 e. The van der Waals surface area contributed by atoms with Gasteiger partial charge in [0.05, 0.1) is 0 Å². The summed E-state index contributed by atoms with van der Waals surface area (Å²) in [6, 6.07) is 41.9. The lowest BCUT2D eigenvalue weighted by atomic mass is 9.92. The van der Waals surface area contributed by atoms with Gasteiger partial charge in [0.2, 0.25) is 0 Å². The lowest BCUT2D eigenvalue weighted by Crippen LogP contribution is -1.95. The number of aryl methyl sites for hydroxylation is 3. The topological polar surface area (TPSA) is 25.8 Å². The smallest absolute Gasteiger partial charge is 0.159 e. The van der Waals surface area contributed by atoms with Gasteiger partial charge in [-0.1, -0.05) is 129 Å². The van der Waals surface area contributed by atoms with Crippen LogP contribution < -0.4 is 0 Å². The van der Waals surface area contributed by atoms with E-state index in [9.17, 15) is 0 Å². The van der Waals surface area contributed by atoms with Gasteiger partial charge < -0.3 is 0 Å². The van der Waals surface area contributed by atoms with E-state index in [-0.39, 0.29) is 0 Å². The number of hydrogen-bond donors (Lipinski definition) is 0. The Bertz CT molecular complexity index is 1780. The van der Waals surface area contributed by atoms with E-state index in [0.29, 0.717) is 0 Å². The molecule has 1 aromatic heterocycles. The Morgan fingerprint density at radius 1 is 0.422 bits per heavy atom. The Morgan fingerprint density at radius 2 is 0.822 bits per heavy atom. The Labute approximate surface area is 268 Å². The number of hydrogen-bond acceptors (Lipinski definition) is 2. The summed E-state index contributed by atoms with van der Waals surface area (Å²) < 4.78 is 0. The van der Waals surface area contributed by atoms with E-state index in [2.05, 4.69) is 136 Å². The lowest BCUT2D eigenvalue weighted by molar-refractivity contribution is 0.631. The fraction of sp³-hybridized carbons (Fsp3) is 0.209. The van der Waals surface area contributed by atoms with Crippen LogP contribution in [0.1, 0.15) is 55.7 Å². The second kappa shape index (κ2) is 14.3. The molecule has 0 spiro atoms. The van der Waals surface area contributed by atoms with E-state index >= 15 is 0 Å². The van der Waals surface area contributed by atoms with Gasteiger partial charge in [0.25, 0.3) is 0 Å². The largest absolute Gasteiger partial charge is 0.236 e. The average molecular weight is 587 g/mol. The highest BCUT2D eigenvalue weighted by Crippen LogP contribution is 2.35. The highest BCUT2D eigenvalue weighted by atomic mass is 14.9. The molecule has 0 saturated heterocycles. The van der Waals surface area contributed by atoms with Crippen LogP contribution in [-0.2, 0) is 6.42 Å². The molecule has 0 unspecified atom stereocenters. The van der Waals surface area contributed by atoms with Crippen molar-refractivity contribution in [2.45, 2.75) is 59.3 Å². The summed E-state index contributed by atoms with van der Waals surface area (Å²) in [6.07, 6.45) is 11.4. The first-order valence-corrected chi connectivity index (χ1v) is 16.4. The zero-order valence-corrected chi connectivity index (χ0v) is 26.8. The first-order chi connectivity index (χ1) is 22.1. The highest BCUT2D eigenvalue weighted by Gasteiger charge is 2.12. The van der Waals surface area contributed by atoms with Crippen molar-refractivity contribution in [1.82, 2.24) is 9.97 Å². The van der Waals surface area contributed by atoms with Crippen LogP contribution in [0, 0.1) is 13.8 Å². The van der Waals surface area contributed by atoms with Crippen molar-refractivity contribution in [3.8, 4) is 55.9 Å². The maximum absolute atomic E-state index is 4.87. The third-order valence-electron chi connectivity index (χ3n) is 8.56. The molecule has 6 rings (SSSR count). The number of benzene rings is 5. The first-order valence-electron chi connectivity index (χ1n) is 16.4. The highest BCUT2D eigenvalue weighted by molar-refractivity contribution is 5.83. The Morgan fingerprint density at radius 3 is 1.31 bits per heavy atom. The van der Waals surface area contributed by atoms with Crippen molar-refractivity contribution in [1.29, 1.82) is 0 Å². The van der Waals surface area contributed by atoms with Crippen LogP contribution in [-0.4, -0.2) is 9.97 Å². The molecule has 0 aliphatic rings. The standard InChI is InChI=1S/C43H42N2/c1-4-5-6-7-8-15-33-29-44-43(45-30-33)42-27-40(38-20-11-18-36(24-38)34-16-9-13-31(2)22-34)26-41(28-42)39-21-12-19-37(25-39)35-17-10-14-32(3)23-35/h9-14,16-30H,4-8,15H2,1-3H3.